The number of hydrogen-bond donors (Lipinski definition) is 3. The maximum atomic E-state index is 10.8. The van der Waals surface area contributed by atoms with Crippen molar-refractivity contribution in [2.24, 2.45) is 5.73 Å². The number of nitriles is 1. The number of benzene rings is 2. The summed E-state index contributed by atoms with van der Waals surface area (Å²) in [5.41, 5.74) is 16.1. The third-order valence-corrected chi connectivity index (χ3v) is 5.47. The average molecular weight is 388 g/mol. The molecule has 5 N–H and O–H groups in total. The molecule has 0 aliphatic rings. The van der Waals surface area contributed by atoms with Crippen LogP contribution in [0.3, 0.4) is 0 Å². The smallest absolute Gasteiger partial charge is 0.104 e. The highest BCUT2D eigenvalue weighted by Crippen LogP contribution is 2.35. The molecule has 1 unspecified atom stereocenters. The number of nitrogens with two attached hydrogens (primary N) is 2. The molecule has 3 aromatic rings. The minimum Gasteiger partial charge on any atom is -0.398 e. The molecule has 6 heteroatoms. The number of aliphatic hydroxyl groups excluding tert-OH is 1. The summed E-state index contributed by atoms with van der Waals surface area (Å²) in [6.07, 6.45) is 2.45. The average Bonchev–Trinajstić information content (AvgIpc) is 2.71. The zero-order valence-electron chi connectivity index (χ0n) is 15.3. The highest BCUT2D eigenvalue weighted by atomic mass is 32.2. The van der Waals surface area contributed by atoms with Crippen LogP contribution >= 0.6 is 11.8 Å². The molecule has 0 radical (unpaired) electrons. The molecule has 1 atom stereocenters. The largest absolute Gasteiger partial charge is 0.398 e. The summed E-state index contributed by atoms with van der Waals surface area (Å²) in [5.74, 6) is 0. The standard InChI is InChI=1S/C22H20N4OS/c1-14-16(5-4-6-17(14)21(27)15-9-11-26-12-10-15)18(13-23)22(25)28-20-8-3-2-7-19(20)24/h2-12,21,27H,24-25H2,1H3/b22-18+. The van der Waals surface area contributed by atoms with Gasteiger partial charge in [-0.3, -0.25) is 4.98 Å². The number of para-hydroxylation sites is 1. The Hall–Kier alpha value is -3.27. The van der Waals surface area contributed by atoms with Gasteiger partial charge >= 0.3 is 0 Å². The molecule has 1 heterocycles. The van der Waals surface area contributed by atoms with Gasteiger partial charge in [0.05, 0.1) is 10.6 Å². The van der Waals surface area contributed by atoms with E-state index in [1.165, 1.54) is 11.8 Å². The van der Waals surface area contributed by atoms with Crippen molar-refractivity contribution in [1.82, 2.24) is 4.98 Å². The number of pyridine rings is 1. The highest BCUT2D eigenvalue weighted by Gasteiger charge is 2.18. The molecule has 2 aromatic carbocycles. The fourth-order valence-corrected chi connectivity index (χ4v) is 3.76. The number of nitrogen functional groups attached to an aromatic ring is 1. The van der Waals surface area contributed by atoms with Crippen molar-refractivity contribution in [3.05, 3.63) is 94.3 Å². The molecule has 0 aliphatic carbocycles. The fraction of sp³-hybridized carbons (Fsp3) is 0.0909. The monoisotopic (exact) mass is 388 g/mol. The number of nitrogens with zero attached hydrogens (tertiary/aromatic N) is 2. The molecule has 0 saturated carbocycles. The molecule has 0 saturated heterocycles. The van der Waals surface area contributed by atoms with Crippen molar-refractivity contribution in [1.29, 1.82) is 5.26 Å². The summed E-state index contributed by atoms with van der Waals surface area (Å²) in [7, 11) is 0. The van der Waals surface area contributed by atoms with Gasteiger partial charge in [0.1, 0.15) is 12.2 Å². The first-order valence-corrected chi connectivity index (χ1v) is 9.44. The molecule has 0 amide bonds. The van der Waals surface area contributed by atoms with Crippen LogP contribution in [-0.4, -0.2) is 10.1 Å². The van der Waals surface area contributed by atoms with Crippen LogP contribution in [0.15, 0.2) is 76.9 Å². The number of allylic oxidation sites excluding steroid dienone is 1. The zero-order valence-corrected chi connectivity index (χ0v) is 16.1. The van der Waals surface area contributed by atoms with E-state index in [1.807, 2.05) is 43.3 Å². The zero-order chi connectivity index (χ0) is 20.1. The second kappa shape index (κ2) is 8.61. The van der Waals surface area contributed by atoms with E-state index in [1.54, 1.807) is 30.6 Å². The third kappa shape index (κ3) is 4.01. The van der Waals surface area contributed by atoms with E-state index < -0.39 is 6.10 Å². The van der Waals surface area contributed by atoms with E-state index in [2.05, 4.69) is 11.1 Å². The Morgan fingerprint density at radius 2 is 1.82 bits per heavy atom. The second-order valence-electron chi connectivity index (χ2n) is 6.19. The van der Waals surface area contributed by atoms with Gasteiger partial charge in [-0.1, -0.05) is 42.1 Å². The predicted molar refractivity (Wildman–Crippen MR) is 113 cm³/mol. The van der Waals surface area contributed by atoms with E-state index in [0.717, 1.165) is 16.0 Å². The number of rotatable bonds is 5. The Kier molecular flexibility index (Phi) is 5.99. The number of hydrogen-bond acceptors (Lipinski definition) is 6. The third-order valence-electron chi connectivity index (χ3n) is 4.46. The maximum absolute atomic E-state index is 10.8. The summed E-state index contributed by atoms with van der Waals surface area (Å²) in [6, 6.07) is 18.6. The minimum absolute atomic E-state index is 0.356. The molecule has 0 aliphatic heterocycles. The first-order chi connectivity index (χ1) is 13.5. The van der Waals surface area contributed by atoms with Crippen molar-refractivity contribution in [2.75, 3.05) is 5.73 Å². The molecule has 1 aromatic heterocycles. The van der Waals surface area contributed by atoms with Crippen LogP contribution in [0.1, 0.15) is 28.4 Å². The van der Waals surface area contributed by atoms with E-state index in [9.17, 15) is 10.4 Å². The first kappa shape index (κ1) is 19.5. The maximum Gasteiger partial charge on any atom is 0.104 e. The van der Waals surface area contributed by atoms with Crippen molar-refractivity contribution >= 4 is 23.0 Å². The number of aliphatic hydroxyl groups is 1. The summed E-state index contributed by atoms with van der Waals surface area (Å²) in [6.45, 7) is 1.88. The van der Waals surface area contributed by atoms with Gasteiger partial charge in [-0.25, -0.2) is 0 Å². The normalized spacial score (nSPS) is 12.8. The van der Waals surface area contributed by atoms with Crippen LogP contribution in [0, 0.1) is 18.3 Å². The Morgan fingerprint density at radius 1 is 1.11 bits per heavy atom. The molecule has 0 fully saturated rings. The van der Waals surface area contributed by atoms with Crippen LogP contribution in [0.25, 0.3) is 5.57 Å². The SMILES string of the molecule is Cc1c(/C(C#N)=C(\N)Sc2ccccc2N)cccc1C(O)c1ccncc1. The molecular weight excluding hydrogens is 368 g/mol. The lowest BCUT2D eigenvalue weighted by molar-refractivity contribution is 0.219. The van der Waals surface area contributed by atoms with Gasteiger partial charge in [0.2, 0.25) is 0 Å². The quantitative estimate of drug-likeness (QED) is 0.346. The Morgan fingerprint density at radius 3 is 2.50 bits per heavy atom. The van der Waals surface area contributed by atoms with Crippen molar-refractivity contribution < 1.29 is 5.11 Å². The first-order valence-electron chi connectivity index (χ1n) is 8.63. The van der Waals surface area contributed by atoms with E-state index in [4.69, 9.17) is 11.5 Å². The Labute approximate surface area is 168 Å². The summed E-state index contributed by atoms with van der Waals surface area (Å²) < 4.78 is 0. The van der Waals surface area contributed by atoms with Crippen LogP contribution in [0.5, 0.6) is 0 Å². The molecule has 3 rings (SSSR count). The summed E-state index contributed by atoms with van der Waals surface area (Å²) in [4.78, 5) is 4.77. The van der Waals surface area contributed by atoms with Gasteiger partial charge in [-0.15, -0.1) is 0 Å². The fourth-order valence-electron chi connectivity index (χ4n) is 2.94. The Bertz CT molecular complexity index is 1060. The Balaban J connectivity index is 2.02. The molecule has 5 nitrogen and oxygen atoms in total. The molecule has 28 heavy (non-hydrogen) atoms. The molecule has 140 valence electrons. The summed E-state index contributed by atoms with van der Waals surface area (Å²) >= 11 is 1.26. The minimum atomic E-state index is -0.818. The van der Waals surface area contributed by atoms with Crippen LogP contribution < -0.4 is 11.5 Å². The van der Waals surface area contributed by atoms with E-state index in [-0.39, 0.29) is 0 Å². The van der Waals surface area contributed by atoms with Gasteiger partial charge < -0.3 is 16.6 Å². The van der Waals surface area contributed by atoms with Gasteiger partial charge in [0.15, 0.2) is 0 Å². The lowest BCUT2D eigenvalue weighted by Gasteiger charge is -2.17. The highest BCUT2D eigenvalue weighted by molar-refractivity contribution is 8.03. The van der Waals surface area contributed by atoms with Gasteiger partial charge in [0, 0.05) is 23.0 Å². The molecule has 0 bridgehead atoms. The van der Waals surface area contributed by atoms with Gasteiger partial charge in [-0.2, -0.15) is 5.26 Å². The lowest BCUT2D eigenvalue weighted by Crippen LogP contribution is -2.06. The van der Waals surface area contributed by atoms with Crippen LogP contribution in [0.2, 0.25) is 0 Å². The lowest BCUT2D eigenvalue weighted by atomic mass is 9.92. The predicted octanol–water partition coefficient (Wildman–Crippen LogP) is 4.00. The number of anilines is 1. The van der Waals surface area contributed by atoms with E-state index >= 15 is 0 Å². The van der Waals surface area contributed by atoms with Crippen molar-refractivity contribution in [2.45, 2.75) is 17.9 Å². The van der Waals surface area contributed by atoms with Crippen molar-refractivity contribution in [3.8, 4) is 6.07 Å². The summed E-state index contributed by atoms with van der Waals surface area (Å²) in [5, 5.41) is 20.9. The van der Waals surface area contributed by atoms with Gasteiger partial charge in [0.25, 0.3) is 0 Å². The second-order valence-corrected chi connectivity index (χ2v) is 7.28. The molecular formula is C22H20N4OS. The molecule has 0 spiro atoms. The van der Waals surface area contributed by atoms with Crippen molar-refractivity contribution in [3.63, 3.8) is 0 Å². The van der Waals surface area contributed by atoms with Gasteiger partial charge in [-0.05, 0) is 53.4 Å². The van der Waals surface area contributed by atoms with E-state index in [0.29, 0.717) is 27.4 Å². The number of aromatic nitrogens is 1. The van der Waals surface area contributed by atoms with Crippen LogP contribution in [-0.2, 0) is 0 Å². The van der Waals surface area contributed by atoms with Crippen LogP contribution in [0.4, 0.5) is 5.69 Å². The number of thioether (sulfide) groups is 1. The topological polar surface area (TPSA) is 109 Å².